The van der Waals surface area contributed by atoms with Crippen molar-refractivity contribution in [3.8, 4) is 0 Å². The predicted molar refractivity (Wildman–Crippen MR) is 41.1 cm³/mol. The second kappa shape index (κ2) is 2.34. The minimum atomic E-state index is 0.135. The van der Waals surface area contributed by atoms with Crippen molar-refractivity contribution < 1.29 is 4.42 Å². The normalized spacial score (nSPS) is 21.2. The van der Waals surface area contributed by atoms with E-state index >= 15 is 0 Å². The molecule has 2 rings (SSSR count). The largest absolute Gasteiger partial charge is 0.448 e. The van der Waals surface area contributed by atoms with Crippen molar-refractivity contribution >= 4 is 0 Å². The van der Waals surface area contributed by atoms with Crippen molar-refractivity contribution in [2.45, 2.75) is 24.7 Å². The molecule has 0 amide bonds. The van der Waals surface area contributed by atoms with Gasteiger partial charge in [-0.3, -0.25) is 0 Å². The Hall–Kier alpha value is -0.830. The molecule has 3 heteroatoms. The molecule has 1 aliphatic rings. The Bertz CT molecular complexity index is 221. The molecule has 1 saturated carbocycles. The number of nitrogens with two attached hydrogens (primary N) is 1. The van der Waals surface area contributed by atoms with Crippen LogP contribution in [0.1, 0.15) is 25.0 Å². The molecular formula is C8H12N2O. The number of hydrogen-bond donors (Lipinski definition) is 1. The molecule has 0 spiro atoms. The van der Waals surface area contributed by atoms with E-state index < -0.39 is 0 Å². The number of aromatic nitrogens is 1. The topological polar surface area (TPSA) is 52.0 Å². The lowest BCUT2D eigenvalue weighted by Crippen LogP contribution is -2.41. The van der Waals surface area contributed by atoms with Gasteiger partial charge in [-0.15, -0.1) is 0 Å². The average molecular weight is 152 g/mol. The summed E-state index contributed by atoms with van der Waals surface area (Å²) >= 11 is 0. The molecule has 0 aliphatic heterocycles. The van der Waals surface area contributed by atoms with Crippen LogP contribution < -0.4 is 5.73 Å². The molecular weight excluding hydrogens is 140 g/mol. The number of rotatable bonds is 2. The Morgan fingerprint density at radius 1 is 1.64 bits per heavy atom. The smallest absolute Gasteiger partial charge is 0.180 e. The molecule has 1 aromatic rings. The number of nitrogens with zero attached hydrogens (tertiary/aromatic N) is 1. The minimum absolute atomic E-state index is 0.135. The Morgan fingerprint density at radius 3 is 2.82 bits per heavy atom. The maximum absolute atomic E-state index is 5.67. The van der Waals surface area contributed by atoms with Crippen LogP contribution in [0.5, 0.6) is 0 Å². The summed E-state index contributed by atoms with van der Waals surface area (Å²) in [6.07, 6.45) is 6.83. The van der Waals surface area contributed by atoms with Crippen LogP contribution >= 0.6 is 0 Å². The molecule has 1 fully saturated rings. The van der Waals surface area contributed by atoms with Crippen LogP contribution in [-0.4, -0.2) is 11.5 Å². The van der Waals surface area contributed by atoms with Crippen molar-refractivity contribution in [1.82, 2.24) is 4.98 Å². The zero-order valence-corrected chi connectivity index (χ0v) is 6.42. The zero-order valence-electron chi connectivity index (χ0n) is 6.42. The molecule has 60 valence electrons. The van der Waals surface area contributed by atoms with Gasteiger partial charge in [0.15, 0.2) is 6.39 Å². The first-order valence-electron chi connectivity index (χ1n) is 3.96. The third-order valence-corrected chi connectivity index (χ3v) is 2.66. The van der Waals surface area contributed by atoms with Crippen molar-refractivity contribution in [3.05, 3.63) is 18.4 Å². The van der Waals surface area contributed by atoms with Gasteiger partial charge >= 0.3 is 0 Å². The van der Waals surface area contributed by atoms with E-state index in [1.807, 2.05) is 0 Å². The fourth-order valence-corrected chi connectivity index (χ4v) is 1.63. The lowest BCUT2D eigenvalue weighted by molar-refractivity contribution is 0.208. The Kier molecular flexibility index (Phi) is 1.46. The Balaban J connectivity index is 2.25. The van der Waals surface area contributed by atoms with Crippen LogP contribution in [0.3, 0.4) is 0 Å². The fourth-order valence-electron chi connectivity index (χ4n) is 1.63. The van der Waals surface area contributed by atoms with E-state index in [0.717, 1.165) is 18.6 Å². The van der Waals surface area contributed by atoms with E-state index in [4.69, 9.17) is 10.2 Å². The van der Waals surface area contributed by atoms with Gasteiger partial charge in [-0.25, -0.2) is 4.98 Å². The molecule has 3 nitrogen and oxygen atoms in total. The highest BCUT2D eigenvalue weighted by atomic mass is 16.3. The molecule has 0 bridgehead atoms. The summed E-state index contributed by atoms with van der Waals surface area (Å²) in [6.45, 7) is 0.683. The van der Waals surface area contributed by atoms with Crippen LogP contribution in [0.2, 0.25) is 0 Å². The van der Waals surface area contributed by atoms with Crippen molar-refractivity contribution in [2.24, 2.45) is 5.73 Å². The van der Waals surface area contributed by atoms with Crippen LogP contribution in [0, 0.1) is 0 Å². The molecule has 0 unspecified atom stereocenters. The monoisotopic (exact) mass is 152 g/mol. The fraction of sp³-hybridized carbons (Fsp3) is 0.625. The van der Waals surface area contributed by atoms with Crippen LogP contribution in [-0.2, 0) is 5.41 Å². The van der Waals surface area contributed by atoms with Gasteiger partial charge in [0.25, 0.3) is 0 Å². The first kappa shape index (κ1) is 6.85. The third kappa shape index (κ3) is 0.878. The van der Waals surface area contributed by atoms with Gasteiger partial charge in [-0.2, -0.15) is 0 Å². The molecule has 0 radical (unpaired) electrons. The molecule has 0 saturated heterocycles. The first-order valence-corrected chi connectivity index (χ1v) is 3.96. The maximum atomic E-state index is 5.67. The second-order valence-corrected chi connectivity index (χ2v) is 3.20. The summed E-state index contributed by atoms with van der Waals surface area (Å²) in [5.74, 6) is 0.964. The van der Waals surface area contributed by atoms with Crippen LogP contribution in [0.25, 0.3) is 0 Å². The Morgan fingerprint density at radius 2 is 2.45 bits per heavy atom. The average Bonchev–Trinajstić information content (AvgIpc) is 2.39. The van der Waals surface area contributed by atoms with Gasteiger partial charge in [0.1, 0.15) is 5.76 Å². The lowest BCUT2D eigenvalue weighted by Gasteiger charge is -2.38. The highest BCUT2D eigenvalue weighted by molar-refractivity contribution is 5.15. The van der Waals surface area contributed by atoms with Gasteiger partial charge in [0.2, 0.25) is 0 Å². The molecule has 2 N–H and O–H groups in total. The number of hydrogen-bond acceptors (Lipinski definition) is 3. The highest BCUT2D eigenvalue weighted by Crippen LogP contribution is 2.42. The van der Waals surface area contributed by atoms with E-state index in [9.17, 15) is 0 Å². The molecule has 1 aromatic heterocycles. The van der Waals surface area contributed by atoms with Crippen molar-refractivity contribution in [2.75, 3.05) is 6.54 Å². The van der Waals surface area contributed by atoms with E-state index in [2.05, 4.69) is 4.98 Å². The summed E-state index contributed by atoms with van der Waals surface area (Å²) < 4.78 is 5.24. The predicted octanol–water partition coefficient (Wildman–Crippen LogP) is 1.05. The summed E-state index contributed by atoms with van der Waals surface area (Å²) in [4.78, 5) is 3.90. The van der Waals surface area contributed by atoms with Gasteiger partial charge in [-0.1, -0.05) is 6.42 Å². The van der Waals surface area contributed by atoms with Gasteiger partial charge in [0, 0.05) is 12.0 Å². The summed E-state index contributed by atoms with van der Waals surface area (Å²) in [5.41, 5.74) is 5.81. The molecule has 1 heterocycles. The lowest BCUT2D eigenvalue weighted by atomic mass is 9.67. The van der Waals surface area contributed by atoms with E-state index in [1.54, 1.807) is 6.20 Å². The zero-order chi connectivity index (χ0) is 7.73. The SMILES string of the molecule is NCC1(c2cnco2)CCC1. The summed E-state index contributed by atoms with van der Waals surface area (Å²) in [5, 5.41) is 0. The van der Waals surface area contributed by atoms with Crippen molar-refractivity contribution in [3.63, 3.8) is 0 Å². The number of oxazole rings is 1. The highest BCUT2D eigenvalue weighted by Gasteiger charge is 2.40. The first-order chi connectivity index (χ1) is 5.37. The minimum Gasteiger partial charge on any atom is -0.448 e. The Labute approximate surface area is 65.6 Å². The second-order valence-electron chi connectivity index (χ2n) is 3.20. The van der Waals surface area contributed by atoms with Crippen molar-refractivity contribution in [1.29, 1.82) is 0 Å². The van der Waals surface area contributed by atoms with Gasteiger partial charge in [0.05, 0.1) is 6.20 Å². The molecule has 0 atom stereocenters. The third-order valence-electron chi connectivity index (χ3n) is 2.66. The molecule has 11 heavy (non-hydrogen) atoms. The quantitative estimate of drug-likeness (QED) is 0.689. The standard InChI is InChI=1S/C8H12N2O/c9-5-8(2-1-3-8)7-4-10-6-11-7/h4,6H,1-3,5,9H2. The summed E-state index contributed by atoms with van der Waals surface area (Å²) in [6, 6.07) is 0. The maximum Gasteiger partial charge on any atom is 0.180 e. The van der Waals surface area contributed by atoms with Gasteiger partial charge < -0.3 is 10.2 Å². The summed E-state index contributed by atoms with van der Waals surface area (Å²) in [7, 11) is 0. The van der Waals surface area contributed by atoms with E-state index in [0.29, 0.717) is 6.54 Å². The van der Waals surface area contributed by atoms with Gasteiger partial charge in [-0.05, 0) is 12.8 Å². The molecule has 0 aromatic carbocycles. The van der Waals surface area contributed by atoms with E-state index in [-0.39, 0.29) is 5.41 Å². The van der Waals surface area contributed by atoms with Crippen LogP contribution in [0.15, 0.2) is 17.0 Å². The van der Waals surface area contributed by atoms with Crippen LogP contribution in [0.4, 0.5) is 0 Å². The van der Waals surface area contributed by atoms with E-state index in [1.165, 1.54) is 12.8 Å². The molecule has 1 aliphatic carbocycles.